The molecule has 3 aromatic heterocycles. The van der Waals surface area contributed by atoms with Gasteiger partial charge in [0.05, 0.1) is 19.4 Å². The smallest absolute Gasteiger partial charge is 0.291 e. The summed E-state index contributed by atoms with van der Waals surface area (Å²) >= 11 is 1.52. The summed E-state index contributed by atoms with van der Waals surface area (Å²) in [6.45, 7) is 4.04. The van der Waals surface area contributed by atoms with Crippen molar-refractivity contribution < 1.29 is 13.9 Å². The number of thiophene rings is 1. The Morgan fingerprint density at radius 3 is 2.68 bits per heavy atom. The second-order valence-electron chi connectivity index (χ2n) is 7.11. The number of nitrogens with zero attached hydrogens (tertiary/aromatic N) is 1. The molecule has 1 amide bonds. The molecular formula is C24H23N3O3S. The van der Waals surface area contributed by atoms with Crippen molar-refractivity contribution in [1.82, 2.24) is 4.98 Å². The number of amides is 1. The molecule has 0 fully saturated rings. The molecule has 3 heterocycles. The summed E-state index contributed by atoms with van der Waals surface area (Å²) in [5.41, 5.74) is 2.97. The lowest BCUT2D eigenvalue weighted by Gasteiger charge is -2.23. The van der Waals surface area contributed by atoms with Crippen molar-refractivity contribution in [3.05, 3.63) is 94.4 Å². The lowest BCUT2D eigenvalue weighted by molar-refractivity contribution is 0.0997. The van der Waals surface area contributed by atoms with Crippen LogP contribution < -0.4 is 15.4 Å². The predicted octanol–water partition coefficient (Wildman–Crippen LogP) is 5.82. The number of pyridine rings is 1. The maximum atomic E-state index is 12.7. The van der Waals surface area contributed by atoms with Gasteiger partial charge < -0.3 is 19.8 Å². The molecule has 0 aliphatic carbocycles. The summed E-state index contributed by atoms with van der Waals surface area (Å²) in [6.07, 6.45) is 3.26. The summed E-state index contributed by atoms with van der Waals surface area (Å²) in [7, 11) is 1.65. The molecule has 0 spiro atoms. The van der Waals surface area contributed by atoms with Gasteiger partial charge >= 0.3 is 0 Å². The van der Waals surface area contributed by atoms with Gasteiger partial charge in [-0.3, -0.25) is 4.79 Å². The van der Waals surface area contributed by atoms with E-state index in [4.69, 9.17) is 9.15 Å². The molecular weight excluding hydrogens is 410 g/mol. The van der Waals surface area contributed by atoms with Gasteiger partial charge in [0, 0.05) is 22.2 Å². The highest BCUT2D eigenvalue weighted by atomic mass is 32.1. The average molecular weight is 434 g/mol. The number of ether oxygens (including phenoxy) is 1. The van der Waals surface area contributed by atoms with Crippen LogP contribution in [0.4, 0.5) is 10.8 Å². The molecule has 31 heavy (non-hydrogen) atoms. The number of anilines is 2. The van der Waals surface area contributed by atoms with Gasteiger partial charge in [0.2, 0.25) is 0 Å². The van der Waals surface area contributed by atoms with Crippen molar-refractivity contribution in [1.29, 1.82) is 0 Å². The van der Waals surface area contributed by atoms with Crippen molar-refractivity contribution in [2.75, 3.05) is 17.7 Å². The average Bonchev–Trinajstić information content (AvgIpc) is 3.42. The molecule has 1 atom stereocenters. The summed E-state index contributed by atoms with van der Waals surface area (Å²) in [6, 6.07) is 16.9. The lowest BCUT2D eigenvalue weighted by Crippen LogP contribution is -2.17. The molecule has 0 bridgehead atoms. The number of rotatable bonds is 7. The normalized spacial score (nSPS) is 11.7. The molecule has 2 N–H and O–H groups in total. The maximum Gasteiger partial charge on any atom is 0.291 e. The lowest BCUT2D eigenvalue weighted by atomic mass is 9.98. The molecule has 0 aliphatic rings. The van der Waals surface area contributed by atoms with E-state index in [0.29, 0.717) is 0 Å². The first kappa shape index (κ1) is 20.7. The number of carbonyl (C=O) groups is 1. The van der Waals surface area contributed by atoms with Crippen LogP contribution in [0.2, 0.25) is 0 Å². The van der Waals surface area contributed by atoms with Gasteiger partial charge in [-0.15, -0.1) is 11.3 Å². The highest BCUT2D eigenvalue weighted by molar-refractivity contribution is 7.16. The first-order valence-corrected chi connectivity index (χ1v) is 10.6. The number of para-hydroxylation sites is 1. The number of aromatic nitrogens is 1. The number of methoxy groups -OCH3 is 1. The highest BCUT2D eigenvalue weighted by Gasteiger charge is 2.25. The second kappa shape index (κ2) is 9.06. The zero-order valence-corrected chi connectivity index (χ0v) is 18.3. The molecule has 1 aromatic carbocycles. The predicted molar refractivity (Wildman–Crippen MR) is 123 cm³/mol. The SMILES string of the molecule is COc1ccccc1[C@H](Nc1cc(C)ccn1)c1cc(C)sc1NC(=O)c1ccco1. The highest BCUT2D eigenvalue weighted by Crippen LogP contribution is 2.40. The fourth-order valence-corrected chi connectivity index (χ4v) is 4.36. The van der Waals surface area contributed by atoms with Crippen LogP contribution in [0.15, 0.2) is 71.5 Å². The molecule has 4 aromatic rings. The van der Waals surface area contributed by atoms with E-state index in [0.717, 1.165) is 38.1 Å². The second-order valence-corrected chi connectivity index (χ2v) is 8.37. The first-order valence-electron chi connectivity index (χ1n) is 9.82. The van der Waals surface area contributed by atoms with Gasteiger partial charge in [-0.05, 0) is 55.8 Å². The van der Waals surface area contributed by atoms with E-state index < -0.39 is 0 Å². The van der Waals surface area contributed by atoms with E-state index in [-0.39, 0.29) is 17.7 Å². The number of furan rings is 1. The minimum Gasteiger partial charge on any atom is -0.496 e. The number of hydrogen-bond acceptors (Lipinski definition) is 6. The molecule has 7 heteroatoms. The first-order chi connectivity index (χ1) is 15.0. The van der Waals surface area contributed by atoms with E-state index >= 15 is 0 Å². The van der Waals surface area contributed by atoms with Crippen molar-refractivity contribution in [3.8, 4) is 5.75 Å². The molecule has 0 radical (unpaired) electrons. The fraction of sp³-hybridized carbons (Fsp3) is 0.167. The van der Waals surface area contributed by atoms with Crippen molar-refractivity contribution in [3.63, 3.8) is 0 Å². The summed E-state index contributed by atoms with van der Waals surface area (Å²) in [5, 5.41) is 7.28. The minimum absolute atomic E-state index is 0.263. The summed E-state index contributed by atoms with van der Waals surface area (Å²) < 4.78 is 10.9. The van der Waals surface area contributed by atoms with Crippen LogP contribution in [0, 0.1) is 13.8 Å². The zero-order chi connectivity index (χ0) is 21.8. The van der Waals surface area contributed by atoms with Gasteiger partial charge in [0.1, 0.15) is 16.6 Å². The molecule has 0 unspecified atom stereocenters. The third kappa shape index (κ3) is 4.62. The van der Waals surface area contributed by atoms with E-state index in [1.54, 1.807) is 25.4 Å². The Bertz CT molecular complexity index is 1180. The Kier molecular flexibility index (Phi) is 6.04. The van der Waals surface area contributed by atoms with Crippen LogP contribution in [0.5, 0.6) is 5.75 Å². The van der Waals surface area contributed by atoms with E-state index in [1.165, 1.54) is 17.6 Å². The molecule has 6 nitrogen and oxygen atoms in total. The van der Waals surface area contributed by atoms with Crippen LogP contribution in [0.3, 0.4) is 0 Å². The Labute approximate surface area is 184 Å². The van der Waals surface area contributed by atoms with Crippen molar-refractivity contribution in [2.24, 2.45) is 0 Å². The van der Waals surface area contributed by atoms with Gasteiger partial charge in [-0.1, -0.05) is 18.2 Å². The van der Waals surface area contributed by atoms with Crippen molar-refractivity contribution in [2.45, 2.75) is 19.9 Å². The molecule has 0 saturated carbocycles. The van der Waals surface area contributed by atoms with Crippen LogP contribution in [0.25, 0.3) is 0 Å². The summed E-state index contributed by atoms with van der Waals surface area (Å²) in [4.78, 5) is 18.2. The van der Waals surface area contributed by atoms with Gasteiger partial charge in [0.15, 0.2) is 5.76 Å². The number of nitrogens with one attached hydrogen (secondary N) is 2. The molecule has 4 rings (SSSR count). The van der Waals surface area contributed by atoms with Crippen LogP contribution in [-0.2, 0) is 0 Å². The van der Waals surface area contributed by atoms with Gasteiger partial charge in [0.25, 0.3) is 5.91 Å². The van der Waals surface area contributed by atoms with Gasteiger partial charge in [-0.2, -0.15) is 0 Å². The Morgan fingerprint density at radius 1 is 1.10 bits per heavy atom. The fourth-order valence-electron chi connectivity index (χ4n) is 3.41. The quantitative estimate of drug-likeness (QED) is 0.384. The number of aryl methyl sites for hydroxylation is 2. The Hall–Kier alpha value is -3.58. The standard InChI is InChI=1S/C24H23N3O3S/c1-15-10-11-25-21(13-15)26-22(17-7-4-5-8-19(17)29-3)18-14-16(2)31-24(18)27-23(28)20-9-6-12-30-20/h4-14,22H,1-3H3,(H,25,26)(H,27,28)/t22-/m0/s1. The van der Waals surface area contributed by atoms with Crippen LogP contribution in [-0.4, -0.2) is 18.0 Å². The van der Waals surface area contributed by atoms with Crippen LogP contribution in [0.1, 0.15) is 38.2 Å². The minimum atomic E-state index is -0.291. The largest absolute Gasteiger partial charge is 0.496 e. The van der Waals surface area contributed by atoms with Crippen molar-refractivity contribution >= 4 is 28.1 Å². The number of hydrogen-bond donors (Lipinski definition) is 2. The van der Waals surface area contributed by atoms with E-state index in [9.17, 15) is 4.79 Å². The molecule has 158 valence electrons. The molecule has 0 aliphatic heterocycles. The monoisotopic (exact) mass is 433 g/mol. The van der Waals surface area contributed by atoms with Gasteiger partial charge in [-0.25, -0.2) is 4.98 Å². The summed E-state index contributed by atoms with van der Waals surface area (Å²) in [5.74, 6) is 1.46. The van der Waals surface area contributed by atoms with E-state index in [2.05, 4.69) is 21.7 Å². The third-order valence-electron chi connectivity index (χ3n) is 4.82. The van der Waals surface area contributed by atoms with E-state index in [1.807, 2.05) is 50.2 Å². The Morgan fingerprint density at radius 2 is 1.94 bits per heavy atom. The zero-order valence-electron chi connectivity index (χ0n) is 17.5. The van der Waals surface area contributed by atoms with Crippen LogP contribution >= 0.6 is 11.3 Å². The Balaban J connectivity index is 1.77. The number of carbonyl (C=O) groups excluding carboxylic acids is 1. The molecule has 0 saturated heterocycles. The maximum absolute atomic E-state index is 12.7. The third-order valence-corrected chi connectivity index (χ3v) is 5.81. The number of benzene rings is 1. The topological polar surface area (TPSA) is 76.4 Å².